The Kier molecular flexibility index (Phi) is 2.97. The summed E-state index contributed by atoms with van der Waals surface area (Å²) in [5.41, 5.74) is 1.35. The minimum absolute atomic E-state index is 0.0156. The van der Waals surface area contributed by atoms with Crippen molar-refractivity contribution in [2.24, 2.45) is 0 Å². The Morgan fingerprint density at radius 2 is 2.00 bits per heavy atom. The highest BCUT2D eigenvalue weighted by atomic mass is 16.7. The van der Waals surface area contributed by atoms with Gasteiger partial charge in [0.15, 0.2) is 5.79 Å². The molecule has 1 amide bonds. The second-order valence-corrected chi connectivity index (χ2v) is 5.58. The highest BCUT2D eigenvalue weighted by molar-refractivity contribution is 6.05. The Morgan fingerprint density at radius 3 is 2.86 bits per heavy atom. The first-order valence-corrected chi connectivity index (χ1v) is 7.31. The molecular weight excluding hydrogens is 270 g/mol. The summed E-state index contributed by atoms with van der Waals surface area (Å²) in [6.07, 6.45) is 3.29. The van der Waals surface area contributed by atoms with Crippen molar-refractivity contribution in [3.63, 3.8) is 0 Å². The van der Waals surface area contributed by atoms with E-state index in [0.29, 0.717) is 25.3 Å². The summed E-state index contributed by atoms with van der Waals surface area (Å²) in [6, 6.07) is 7.59. The molecule has 0 aliphatic carbocycles. The van der Waals surface area contributed by atoms with E-state index in [1.165, 1.54) is 0 Å². The lowest BCUT2D eigenvalue weighted by molar-refractivity contribution is -0.183. The van der Waals surface area contributed by atoms with Crippen LogP contribution in [-0.2, 0) is 9.47 Å². The first-order valence-electron chi connectivity index (χ1n) is 7.31. The molecule has 110 valence electrons. The highest BCUT2D eigenvalue weighted by Gasteiger charge is 2.42. The zero-order valence-electron chi connectivity index (χ0n) is 11.7. The molecule has 0 atom stereocenters. The van der Waals surface area contributed by atoms with Crippen LogP contribution in [-0.4, -0.2) is 42.9 Å². The molecule has 2 saturated heterocycles. The predicted octanol–water partition coefficient (Wildman–Crippen LogP) is 2.41. The maximum atomic E-state index is 12.8. The smallest absolute Gasteiger partial charge is 0.257 e. The number of rotatable bonds is 1. The summed E-state index contributed by atoms with van der Waals surface area (Å²) < 4.78 is 16.9. The Labute approximate surface area is 122 Å². The van der Waals surface area contributed by atoms with Crippen LogP contribution in [0.1, 0.15) is 23.2 Å². The number of para-hydroxylation sites is 1. The molecule has 0 bridgehead atoms. The molecule has 4 rings (SSSR count). The van der Waals surface area contributed by atoms with Crippen LogP contribution in [0.5, 0.6) is 0 Å². The molecule has 3 heterocycles. The lowest BCUT2D eigenvalue weighted by Crippen LogP contribution is -2.51. The van der Waals surface area contributed by atoms with E-state index in [0.717, 1.165) is 30.4 Å². The van der Waals surface area contributed by atoms with Gasteiger partial charge in [0.1, 0.15) is 11.8 Å². The first-order chi connectivity index (χ1) is 10.3. The van der Waals surface area contributed by atoms with E-state index in [1.54, 1.807) is 6.26 Å². The number of amides is 1. The Bertz CT molecular complexity index is 672. The number of hydrogen-bond acceptors (Lipinski definition) is 4. The SMILES string of the molecule is O=C(c1coc2ccccc12)N1CCCC2(C1)OCCO2. The number of nitrogens with zero attached hydrogens (tertiary/aromatic N) is 1. The van der Waals surface area contributed by atoms with Crippen LogP contribution in [0.25, 0.3) is 11.0 Å². The van der Waals surface area contributed by atoms with Crippen LogP contribution in [0.15, 0.2) is 34.9 Å². The Morgan fingerprint density at radius 1 is 1.19 bits per heavy atom. The van der Waals surface area contributed by atoms with E-state index in [1.807, 2.05) is 29.2 Å². The van der Waals surface area contributed by atoms with Gasteiger partial charge in [-0.15, -0.1) is 0 Å². The molecule has 5 nitrogen and oxygen atoms in total. The van der Waals surface area contributed by atoms with E-state index < -0.39 is 5.79 Å². The third-order valence-electron chi connectivity index (χ3n) is 4.23. The predicted molar refractivity (Wildman–Crippen MR) is 76.0 cm³/mol. The molecule has 2 fully saturated rings. The van der Waals surface area contributed by atoms with Crippen molar-refractivity contribution in [2.75, 3.05) is 26.3 Å². The lowest BCUT2D eigenvalue weighted by atomic mass is 10.0. The first kappa shape index (κ1) is 12.9. The van der Waals surface area contributed by atoms with Crippen molar-refractivity contribution in [3.05, 3.63) is 36.1 Å². The van der Waals surface area contributed by atoms with Gasteiger partial charge in [-0.3, -0.25) is 4.79 Å². The molecule has 5 heteroatoms. The Hall–Kier alpha value is -1.85. The molecule has 21 heavy (non-hydrogen) atoms. The van der Waals surface area contributed by atoms with Gasteiger partial charge < -0.3 is 18.8 Å². The quantitative estimate of drug-likeness (QED) is 0.808. The minimum atomic E-state index is -0.590. The third-order valence-corrected chi connectivity index (χ3v) is 4.23. The summed E-state index contributed by atoms with van der Waals surface area (Å²) >= 11 is 0. The maximum Gasteiger partial charge on any atom is 0.257 e. The molecule has 0 N–H and O–H groups in total. The lowest BCUT2D eigenvalue weighted by Gasteiger charge is -2.38. The van der Waals surface area contributed by atoms with Gasteiger partial charge in [-0.05, 0) is 12.5 Å². The van der Waals surface area contributed by atoms with Gasteiger partial charge in [0, 0.05) is 18.4 Å². The van der Waals surface area contributed by atoms with E-state index >= 15 is 0 Å². The minimum Gasteiger partial charge on any atom is -0.463 e. The number of hydrogen-bond donors (Lipinski definition) is 0. The number of piperidine rings is 1. The monoisotopic (exact) mass is 287 g/mol. The normalized spacial score (nSPS) is 21.2. The van der Waals surface area contributed by atoms with Crippen LogP contribution in [0, 0.1) is 0 Å². The number of benzene rings is 1. The maximum absolute atomic E-state index is 12.8. The van der Waals surface area contributed by atoms with Crippen molar-refractivity contribution in [2.45, 2.75) is 18.6 Å². The summed E-state index contributed by atoms with van der Waals surface area (Å²) in [5, 5.41) is 0.857. The molecular formula is C16H17NO4. The molecule has 1 aromatic heterocycles. The molecule has 0 saturated carbocycles. The molecule has 1 spiro atoms. The van der Waals surface area contributed by atoms with Gasteiger partial charge in [-0.2, -0.15) is 0 Å². The van der Waals surface area contributed by atoms with E-state index in [9.17, 15) is 4.79 Å². The number of likely N-dealkylation sites (tertiary alicyclic amines) is 1. The van der Waals surface area contributed by atoms with Gasteiger partial charge in [0.25, 0.3) is 5.91 Å². The fourth-order valence-electron chi connectivity index (χ4n) is 3.21. The molecule has 2 aliphatic heterocycles. The van der Waals surface area contributed by atoms with Gasteiger partial charge in [0.05, 0.1) is 25.3 Å². The van der Waals surface area contributed by atoms with Crippen molar-refractivity contribution < 1.29 is 18.7 Å². The number of furan rings is 1. The largest absolute Gasteiger partial charge is 0.463 e. The molecule has 1 aromatic carbocycles. The van der Waals surface area contributed by atoms with E-state index in [-0.39, 0.29) is 5.91 Å². The molecule has 2 aromatic rings. The zero-order valence-corrected chi connectivity index (χ0v) is 11.7. The average molecular weight is 287 g/mol. The van der Waals surface area contributed by atoms with E-state index in [4.69, 9.17) is 13.9 Å². The van der Waals surface area contributed by atoms with Crippen LogP contribution in [0.4, 0.5) is 0 Å². The van der Waals surface area contributed by atoms with Gasteiger partial charge in [-0.25, -0.2) is 0 Å². The van der Waals surface area contributed by atoms with Crippen LogP contribution < -0.4 is 0 Å². The van der Waals surface area contributed by atoms with Crippen LogP contribution in [0.2, 0.25) is 0 Å². The van der Waals surface area contributed by atoms with Crippen molar-refractivity contribution in [1.29, 1.82) is 0 Å². The van der Waals surface area contributed by atoms with Crippen LogP contribution in [0.3, 0.4) is 0 Å². The van der Waals surface area contributed by atoms with Gasteiger partial charge in [0.2, 0.25) is 0 Å². The molecule has 0 unspecified atom stereocenters. The number of carbonyl (C=O) groups is 1. The van der Waals surface area contributed by atoms with Crippen LogP contribution >= 0.6 is 0 Å². The van der Waals surface area contributed by atoms with E-state index in [2.05, 4.69) is 0 Å². The topological polar surface area (TPSA) is 51.9 Å². The second kappa shape index (κ2) is 4.86. The molecule has 2 aliphatic rings. The van der Waals surface area contributed by atoms with Crippen molar-refractivity contribution in [1.82, 2.24) is 4.90 Å². The number of ether oxygens (including phenoxy) is 2. The number of carbonyl (C=O) groups excluding carboxylic acids is 1. The summed E-state index contributed by atoms with van der Waals surface area (Å²) in [7, 11) is 0. The average Bonchev–Trinajstić information content (AvgIpc) is 3.14. The summed E-state index contributed by atoms with van der Waals surface area (Å²) in [5.74, 6) is -0.605. The fourth-order valence-corrected chi connectivity index (χ4v) is 3.21. The van der Waals surface area contributed by atoms with Gasteiger partial charge >= 0.3 is 0 Å². The number of fused-ring (bicyclic) bond motifs is 1. The zero-order chi connectivity index (χ0) is 14.3. The standard InChI is InChI=1S/C16H17NO4/c18-15(13-10-19-14-5-2-1-4-12(13)14)17-7-3-6-16(11-17)20-8-9-21-16/h1-2,4-5,10H,3,6-9,11H2. The summed E-state index contributed by atoms with van der Waals surface area (Å²) in [4.78, 5) is 14.6. The highest BCUT2D eigenvalue weighted by Crippen LogP contribution is 2.31. The Balaban J connectivity index is 1.62. The van der Waals surface area contributed by atoms with Crippen molar-refractivity contribution in [3.8, 4) is 0 Å². The third kappa shape index (κ3) is 2.13. The van der Waals surface area contributed by atoms with Crippen molar-refractivity contribution >= 4 is 16.9 Å². The van der Waals surface area contributed by atoms with Gasteiger partial charge in [-0.1, -0.05) is 18.2 Å². The second-order valence-electron chi connectivity index (χ2n) is 5.58. The summed E-state index contributed by atoms with van der Waals surface area (Å²) in [6.45, 7) is 2.44. The fraction of sp³-hybridized carbons (Fsp3) is 0.438. The molecule has 0 radical (unpaired) electrons.